The molecule has 121 heavy (non-hydrogen) atoms. The van der Waals surface area contributed by atoms with Gasteiger partial charge >= 0.3 is 0 Å². The minimum atomic E-state index is -2.76. The number of sulfone groups is 2. The lowest BCUT2D eigenvalue weighted by molar-refractivity contribution is -0.220. The van der Waals surface area contributed by atoms with Gasteiger partial charge in [-0.2, -0.15) is 11.8 Å². The summed E-state index contributed by atoms with van der Waals surface area (Å²) in [7, 11) is 10.9. The number of piperidine rings is 4. The molecule has 3 N–H and O–H groups in total. The highest BCUT2D eigenvalue weighted by molar-refractivity contribution is 8.03. The zero-order chi connectivity index (χ0) is 86.5. The highest BCUT2D eigenvalue weighted by Gasteiger charge is 2.56. The van der Waals surface area contributed by atoms with Gasteiger partial charge in [-0.3, -0.25) is 8.42 Å². The fraction of sp³-hybridized carbons (Fsp3) is 0.979. The van der Waals surface area contributed by atoms with Crippen LogP contribution < -0.4 is 16.0 Å². The van der Waals surface area contributed by atoms with Gasteiger partial charge in [-0.15, -0.1) is 0 Å². The quantitative estimate of drug-likeness (QED) is 0.195. The molecule has 0 amide bonds. The molecule has 18 aliphatic heterocycles. The van der Waals surface area contributed by atoms with E-state index in [4.69, 9.17) is 4.74 Å². The van der Waals surface area contributed by atoms with Crippen molar-refractivity contribution in [2.24, 2.45) is 61.1 Å². The van der Waals surface area contributed by atoms with Crippen molar-refractivity contribution in [2.45, 2.75) is 273 Å². The summed E-state index contributed by atoms with van der Waals surface area (Å²) in [6.07, 6.45) is 50.1. The molecule has 24 aliphatic rings. The summed E-state index contributed by atoms with van der Waals surface area (Å²) >= 11 is 2.12. The summed E-state index contributed by atoms with van der Waals surface area (Å²) in [5.74, 6) is 16.7. The first-order valence-electron chi connectivity index (χ1n) is 49.8. The van der Waals surface area contributed by atoms with Gasteiger partial charge in [-0.1, -0.05) is 85.0 Å². The third-order valence-electron chi connectivity index (χ3n) is 36.4. The van der Waals surface area contributed by atoms with Crippen molar-refractivity contribution in [2.75, 3.05) is 267 Å². The van der Waals surface area contributed by atoms with Gasteiger partial charge in [0.05, 0.1) is 39.0 Å². The smallest absolute Gasteiger partial charge is 0.157 e. The van der Waals surface area contributed by atoms with Gasteiger partial charge in [0, 0.05) is 137 Å². The Kier molecular flexibility index (Phi) is 32.7. The molecule has 24 fully saturated rings. The van der Waals surface area contributed by atoms with E-state index in [2.05, 4.69) is 161 Å². The molecule has 6 aliphatic carbocycles. The van der Waals surface area contributed by atoms with Gasteiger partial charge in [0.2, 0.25) is 0 Å². The van der Waals surface area contributed by atoms with E-state index in [0.29, 0.717) is 33.8 Å². The maximum atomic E-state index is 11.7. The van der Waals surface area contributed by atoms with E-state index in [1.807, 2.05) is 7.05 Å². The number of hydrogen-bond acceptors (Lipinski definition) is 20. The molecule has 6 atom stereocenters. The molecule has 0 radical (unpaired) electrons. The van der Waals surface area contributed by atoms with Crippen LogP contribution in [0.2, 0.25) is 0 Å². The van der Waals surface area contributed by atoms with Crippen molar-refractivity contribution in [3.05, 3.63) is 0 Å². The number of rotatable bonds is 0. The van der Waals surface area contributed by atoms with Crippen molar-refractivity contribution >= 4 is 62.2 Å². The van der Waals surface area contributed by atoms with Crippen LogP contribution in [0.25, 0.3) is 0 Å². The monoisotopic (exact) mass is 1790 g/mol. The van der Waals surface area contributed by atoms with E-state index < -0.39 is 38.7 Å². The fourth-order valence-electron chi connectivity index (χ4n) is 27.3. The summed E-state index contributed by atoms with van der Waals surface area (Å²) in [5.41, 5.74) is 6.32. The second-order valence-corrected chi connectivity index (χ2v) is 58.5. The topological polar surface area (TPSA) is 177 Å². The fourth-order valence-corrected chi connectivity index (χ4v) is 38.1. The first-order valence-corrected chi connectivity index (χ1v) is 58.4. The molecular formula is C97H182N12O7S5. The average molecular weight is 1790 g/mol. The molecule has 3 unspecified atom stereocenters. The van der Waals surface area contributed by atoms with Crippen LogP contribution >= 0.6 is 11.8 Å². The molecule has 24 heteroatoms. The predicted octanol–water partition coefficient (Wildman–Crippen LogP) is 12.1. The van der Waals surface area contributed by atoms with E-state index in [9.17, 15) is 25.3 Å². The lowest BCUT2D eigenvalue weighted by Crippen LogP contribution is -2.74. The molecule has 0 bridgehead atoms. The SMILES string of the molecule is C=S1(=O)CC2(CN(C)C2)C1.C=S1(=O)CCC12CN(C)C2.CN1CC2(CCCCC2)C1.CN1CC2(CCN2)C1.CN1CCC2(CCC2)CC1.CN1CCC2(CCCC2)CC1.CN1CCC2(CCCC2)CC1.CN1CCC2(CCCS2(=O)=O)C1.CN1CCCC2(CCC2)C1.C[C@@H]1COC12CNC2.C[C@@H]1CSCC12CNC2.C[C@H]1CCC2(CCS(=O)(=O)C2)C1. The van der Waals surface area contributed by atoms with E-state index in [1.54, 1.807) is 0 Å². The Morgan fingerprint density at radius 3 is 1.07 bits per heavy atom. The molecular weight excluding hydrogens is 1610 g/mol. The van der Waals surface area contributed by atoms with Crippen LogP contribution in [0.1, 0.15) is 252 Å². The van der Waals surface area contributed by atoms with Crippen LogP contribution in [-0.4, -0.2) is 368 Å². The van der Waals surface area contributed by atoms with Crippen LogP contribution in [-0.2, 0) is 43.5 Å². The number of likely N-dealkylation sites (tertiary alicyclic amines) is 9. The molecule has 18 saturated heterocycles. The van der Waals surface area contributed by atoms with E-state index in [0.717, 1.165) is 171 Å². The molecule has 18 heterocycles. The summed E-state index contributed by atoms with van der Waals surface area (Å²) < 4.78 is 74.0. The minimum absolute atomic E-state index is 0.155. The van der Waals surface area contributed by atoms with Crippen molar-refractivity contribution < 1.29 is 30.0 Å². The number of thioether (sulfide) groups is 1. The Labute approximate surface area is 747 Å². The van der Waals surface area contributed by atoms with Crippen LogP contribution in [0, 0.1) is 61.1 Å². The normalized spacial score (nSPS) is 36.7. The highest BCUT2D eigenvalue weighted by Crippen LogP contribution is 2.53. The molecule has 12 spiro atoms. The van der Waals surface area contributed by atoms with E-state index >= 15 is 0 Å². The van der Waals surface area contributed by atoms with Crippen LogP contribution in [0.5, 0.6) is 0 Å². The molecule has 0 aromatic rings. The lowest BCUT2D eigenvalue weighted by Gasteiger charge is -2.56. The summed E-state index contributed by atoms with van der Waals surface area (Å²) in [6.45, 7) is 35.9. The summed E-state index contributed by atoms with van der Waals surface area (Å²) in [4.78, 5) is 21.3. The first kappa shape index (κ1) is 98.3. The van der Waals surface area contributed by atoms with Crippen molar-refractivity contribution in [1.29, 1.82) is 0 Å². The average Bonchev–Trinajstić information content (AvgIpc) is 1.56. The van der Waals surface area contributed by atoms with Gasteiger partial charge < -0.3 is 64.8 Å². The van der Waals surface area contributed by atoms with Crippen molar-refractivity contribution in [3.8, 4) is 0 Å². The van der Waals surface area contributed by atoms with Gasteiger partial charge in [0.1, 0.15) is 0 Å². The third kappa shape index (κ3) is 24.4. The van der Waals surface area contributed by atoms with Crippen molar-refractivity contribution in [3.63, 3.8) is 0 Å². The first-order chi connectivity index (χ1) is 57.2. The Balaban J connectivity index is 0.000000114. The Bertz CT molecular complexity index is 3660. The summed E-state index contributed by atoms with van der Waals surface area (Å²) in [5, 5.41) is 10.0. The minimum Gasteiger partial charge on any atom is -0.372 e. The number of likely N-dealkylation sites (N-methyl/N-ethyl adjacent to an activating group) is 1. The molecule has 702 valence electrons. The second kappa shape index (κ2) is 40.3. The number of nitrogens with zero attached hydrogens (tertiary/aromatic N) is 9. The number of ether oxygens (including phenoxy) is 1. The molecule has 24 rings (SSSR count). The Morgan fingerprint density at radius 1 is 0.364 bits per heavy atom. The summed E-state index contributed by atoms with van der Waals surface area (Å²) in [6, 6.07) is 0. The Morgan fingerprint density at radius 2 is 0.810 bits per heavy atom. The maximum Gasteiger partial charge on any atom is 0.157 e. The van der Waals surface area contributed by atoms with Crippen molar-refractivity contribution in [1.82, 2.24) is 60.0 Å². The standard InChI is InChI=1S/2C10H19N.3C9H17N.C9H16O2S.C8H15NO2S.2C7H13NOS.C7H13NS.C6H12N2.C6H11NO/c2*1-11-8-6-10(7-9-11)4-2-3-5-10;1-10-7-3-6-9(8-10)4-2-5-9;1-10-7-5-9(6-8-10)3-2-4-9;1-10-7-9(8-10)5-3-2-4-6-9;1-8-2-3-9(6-8)4-5-12(10,11)7-9;1-9-5-4-8(7-9)3-2-6-12(8,10)11;1-8-3-7(4-8)5-10(2,9)6-7;1-8-5-7(6-8)3-4-10(7,2)9;1-6-2-9-5-7(6)3-8-4-7;1-8-4-6(5-8)2-3-7-6;1-5-2-8-6(5)3-7-4-6/h2*2-9H2,1H3;3*2-8H2,1H3;8H,2-7H2,1H3;2-7H2,1H3;2*2-6H2,1H3;6,8H,2-5H2,1H3;7H,2-5H2,1H3;5,7H,2-4H2,1H3/t;;;;;8-,9?;;;;6-;;5-/m.....0...1.1/s1. The van der Waals surface area contributed by atoms with E-state index in [1.165, 1.54) is 296 Å². The predicted molar refractivity (Wildman–Crippen MR) is 516 cm³/mol. The van der Waals surface area contributed by atoms with Gasteiger partial charge in [0.15, 0.2) is 19.7 Å². The van der Waals surface area contributed by atoms with Gasteiger partial charge in [-0.05, 0) is 370 Å². The molecule has 0 aromatic heterocycles. The van der Waals surface area contributed by atoms with Gasteiger partial charge in [-0.25, -0.2) is 16.8 Å². The number of nitrogens with one attached hydrogen (secondary N) is 3. The van der Waals surface area contributed by atoms with Crippen LogP contribution in [0.4, 0.5) is 0 Å². The zero-order valence-corrected chi connectivity index (χ0v) is 83.7. The van der Waals surface area contributed by atoms with Crippen LogP contribution in [0.3, 0.4) is 0 Å². The number of hydrogen-bond donors (Lipinski definition) is 3. The molecule has 19 nitrogen and oxygen atoms in total. The third-order valence-corrected chi connectivity index (χ3v) is 47.7. The molecule has 0 aromatic carbocycles. The highest BCUT2D eigenvalue weighted by atomic mass is 32.2. The largest absolute Gasteiger partial charge is 0.372 e. The Hall–Kier alpha value is -0.230. The van der Waals surface area contributed by atoms with Gasteiger partial charge in [0.25, 0.3) is 0 Å². The lowest BCUT2D eigenvalue weighted by atomic mass is 9.63. The maximum absolute atomic E-state index is 11.7. The van der Waals surface area contributed by atoms with Crippen LogP contribution in [0.15, 0.2) is 0 Å². The zero-order valence-electron chi connectivity index (χ0n) is 79.7. The van der Waals surface area contributed by atoms with E-state index in [-0.39, 0.29) is 14.9 Å². The molecule has 6 saturated carbocycles. The second-order valence-electron chi connectivity index (χ2n) is 47.3.